The summed E-state index contributed by atoms with van der Waals surface area (Å²) < 4.78 is 53.4. The molecule has 2 N–H and O–H groups in total. The highest BCUT2D eigenvalue weighted by Crippen LogP contribution is 2.31. The van der Waals surface area contributed by atoms with Gasteiger partial charge in [-0.05, 0) is 72.9 Å². The number of nitrogens with zero attached hydrogens (tertiary/aromatic N) is 1. The Balaban J connectivity index is 0.00000385. The van der Waals surface area contributed by atoms with Crippen LogP contribution in [-0.4, -0.2) is 12.5 Å². The Kier molecular flexibility index (Phi) is 8.63. The van der Waals surface area contributed by atoms with Gasteiger partial charge in [0.2, 0.25) is 5.91 Å². The molecule has 3 aromatic rings. The number of hydrogen-bond donors (Lipinski definition) is 1. The number of halogens is 5. The zero-order valence-corrected chi connectivity index (χ0v) is 19.0. The first-order valence-electron chi connectivity index (χ1n) is 10.1. The number of nitrogens with two attached hydrogens (primary N) is 1. The van der Waals surface area contributed by atoms with Crippen molar-refractivity contribution in [1.29, 1.82) is 0 Å². The monoisotopic (exact) mass is 480 g/mol. The van der Waals surface area contributed by atoms with E-state index in [1.165, 1.54) is 4.90 Å². The average Bonchev–Trinajstić information content (AvgIpc) is 2.76. The molecule has 0 saturated heterocycles. The molecule has 0 bridgehead atoms. The SMILES string of the molecule is Cc1ccc(N(CCc2cc(C(F)(F)F)ccc2F)C(=O)[C@@H](N)c2ccccc2)cc1C.Cl. The summed E-state index contributed by atoms with van der Waals surface area (Å²) in [6.07, 6.45) is -4.68. The van der Waals surface area contributed by atoms with Gasteiger partial charge in [0, 0.05) is 12.2 Å². The van der Waals surface area contributed by atoms with Gasteiger partial charge in [-0.1, -0.05) is 36.4 Å². The fourth-order valence-electron chi connectivity index (χ4n) is 3.41. The van der Waals surface area contributed by atoms with E-state index in [4.69, 9.17) is 5.73 Å². The van der Waals surface area contributed by atoms with Gasteiger partial charge in [-0.25, -0.2) is 4.39 Å². The van der Waals surface area contributed by atoms with E-state index in [2.05, 4.69) is 0 Å². The highest BCUT2D eigenvalue weighted by atomic mass is 35.5. The van der Waals surface area contributed by atoms with Gasteiger partial charge in [0.1, 0.15) is 11.9 Å². The second-order valence-electron chi connectivity index (χ2n) is 7.70. The molecule has 33 heavy (non-hydrogen) atoms. The summed E-state index contributed by atoms with van der Waals surface area (Å²) in [4.78, 5) is 14.7. The molecule has 0 aliphatic carbocycles. The largest absolute Gasteiger partial charge is 0.416 e. The van der Waals surface area contributed by atoms with Gasteiger partial charge in [0.15, 0.2) is 0 Å². The summed E-state index contributed by atoms with van der Waals surface area (Å²) in [5.74, 6) is -1.18. The third-order valence-electron chi connectivity index (χ3n) is 5.47. The van der Waals surface area contributed by atoms with Gasteiger partial charge in [0.25, 0.3) is 0 Å². The molecule has 0 aliphatic rings. The normalized spacial score (nSPS) is 12.1. The second kappa shape index (κ2) is 10.8. The fraction of sp³-hybridized carbons (Fsp3) is 0.240. The van der Waals surface area contributed by atoms with Crippen molar-refractivity contribution in [3.63, 3.8) is 0 Å². The van der Waals surface area contributed by atoms with Gasteiger partial charge >= 0.3 is 6.18 Å². The summed E-state index contributed by atoms with van der Waals surface area (Å²) in [5, 5.41) is 0. The number of amides is 1. The Morgan fingerprint density at radius 3 is 2.24 bits per heavy atom. The molecule has 3 aromatic carbocycles. The van der Waals surface area contributed by atoms with Gasteiger partial charge in [-0.3, -0.25) is 4.79 Å². The van der Waals surface area contributed by atoms with Gasteiger partial charge in [-0.15, -0.1) is 12.4 Å². The molecule has 1 atom stereocenters. The molecule has 0 saturated carbocycles. The van der Waals surface area contributed by atoms with E-state index in [-0.39, 0.29) is 30.9 Å². The highest BCUT2D eigenvalue weighted by molar-refractivity contribution is 5.97. The van der Waals surface area contributed by atoms with Gasteiger partial charge in [-0.2, -0.15) is 13.2 Å². The summed E-state index contributed by atoms with van der Waals surface area (Å²) >= 11 is 0. The number of alkyl halides is 3. The van der Waals surface area contributed by atoms with Crippen molar-refractivity contribution in [3.8, 4) is 0 Å². The zero-order valence-electron chi connectivity index (χ0n) is 18.2. The molecule has 0 unspecified atom stereocenters. The van der Waals surface area contributed by atoms with Crippen LogP contribution in [0.4, 0.5) is 23.2 Å². The first-order chi connectivity index (χ1) is 15.1. The van der Waals surface area contributed by atoms with E-state index in [9.17, 15) is 22.4 Å². The molecule has 0 fully saturated rings. The van der Waals surface area contributed by atoms with Crippen molar-refractivity contribution in [2.24, 2.45) is 5.73 Å². The van der Waals surface area contributed by atoms with Crippen LogP contribution >= 0.6 is 12.4 Å². The predicted octanol–water partition coefficient (Wildman–Crippen LogP) is 6.16. The molecule has 0 spiro atoms. The minimum absolute atomic E-state index is 0. The lowest BCUT2D eigenvalue weighted by molar-refractivity contribution is -0.137. The maximum absolute atomic E-state index is 14.3. The van der Waals surface area contributed by atoms with Crippen molar-refractivity contribution in [2.75, 3.05) is 11.4 Å². The highest BCUT2D eigenvalue weighted by Gasteiger charge is 2.31. The van der Waals surface area contributed by atoms with Gasteiger partial charge in [0.05, 0.1) is 5.56 Å². The van der Waals surface area contributed by atoms with Crippen LogP contribution in [0.5, 0.6) is 0 Å². The minimum atomic E-state index is -4.58. The topological polar surface area (TPSA) is 46.3 Å². The third-order valence-corrected chi connectivity index (χ3v) is 5.47. The van der Waals surface area contributed by atoms with E-state index >= 15 is 0 Å². The van der Waals surface area contributed by atoms with Crippen molar-refractivity contribution in [1.82, 2.24) is 0 Å². The quantitative estimate of drug-likeness (QED) is 0.429. The van der Waals surface area contributed by atoms with E-state index in [1.807, 2.05) is 26.0 Å². The van der Waals surface area contributed by atoms with Crippen LogP contribution in [0.2, 0.25) is 0 Å². The Hall–Kier alpha value is -2.90. The Morgan fingerprint density at radius 2 is 1.64 bits per heavy atom. The van der Waals surface area contributed by atoms with Crippen molar-refractivity contribution in [3.05, 3.63) is 100 Å². The van der Waals surface area contributed by atoms with Crippen LogP contribution in [0.25, 0.3) is 0 Å². The molecule has 0 aromatic heterocycles. The molecule has 0 aliphatic heterocycles. The molecular formula is C25H25ClF4N2O. The number of aryl methyl sites for hydroxylation is 2. The van der Waals surface area contributed by atoms with Gasteiger partial charge < -0.3 is 10.6 Å². The van der Waals surface area contributed by atoms with Crippen LogP contribution < -0.4 is 10.6 Å². The smallest absolute Gasteiger partial charge is 0.316 e. The molecular weight excluding hydrogens is 456 g/mol. The van der Waals surface area contributed by atoms with Crippen LogP contribution in [-0.2, 0) is 17.4 Å². The summed E-state index contributed by atoms with van der Waals surface area (Å²) in [6, 6.07) is 15.5. The van der Waals surface area contributed by atoms with Crippen molar-refractivity contribution >= 4 is 24.0 Å². The Bertz CT molecular complexity index is 1100. The first kappa shape index (κ1) is 26.4. The molecule has 0 radical (unpaired) electrons. The third kappa shape index (κ3) is 6.33. The number of carbonyl (C=O) groups is 1. The zero-order chi connectivity index (χ0) is 23.5. The van der Waals surface area contributed by atoms with E-state index in [1.54, 1.807) is 36.4 Å². The van der Waals surface area contributed by atoms with Crippen LogP contribution in [0.1, 0.15) is 33.9 Å². The number of benzene rings is 3. The molecule has 3 nitrogen and oxygen atoms in total. The van der Waals surface area contributed by atoms with Crippen molar-refractivity contribution < 1.29 is 22.4 Å². The number of hydrogen-bond acceptors (Lipinski definition) is 2. The van der Waals surface area contributed by atoms with Crippen LogP contribution in [0, 0.1) is 19.7 Å². The molecule has 0 heterocycles. The Labute approximate surface area is 196 Å². The van der Waals surface area contributed by atoms with E-state index < -0.39 is 29.5 Å². The standard InChI is InChI=1S/C25H24F4N2O.ClH/c1-16-8-10-21(14-17(16)2)31(24(32)23(30)18-6-4-3-5-7-18)13-12-19-15-20(25(27,28)29)9-11-22(19)26;/h3-11,14-15,23H,12-13,30H2,1-2H3;1H/t23-;/m0./s1. The lowest BCUT2D eigenvalue weighted by Crippen LogP contribution is -2.40. The Morgan fingerprint density at radius 1 is 0.970 bits per heavy atom. The maximum Gasteiger partial charge on any atom is 0.416 e. The molecule has 1 amide bonds. The maximum atomic E-state index is 14.3. The van der Waals surface area contributed by atoms with Crippen molar-refractivity contribution in [2.45, 2.75) is 32.5 Å². The van der Waals surface area contributed by atoms with E-state index in [0.29, 0.717) is 17.3 Å². The van der Waals surface area contributed by atoms with E-state index in [0.717, 1.165) is 23.3 Å². The first-order valence-corrected chi connectivity index (χ1v) is 10.1. The number of carbonyl (C=O) groups excluding carboxylic acids is 1. The predicted molar refractivity (Wildman–Crippen MR) is 124 cm³/mol. The number of rotatable bonds is 6. The molecule has 176 valence electrons. The average molecular weight is 481 g/mol. The summed E-state index contributed by atoms with van der Waals surface area (Å²) in [5.41, 5.74) is 8.29. The second-order valence-corrected chi connectivity index (χ2v) is 7.70. The lowest BCUT2D eigenvalue weighted by Gasteiger charge is -2.27. The van der Waals surface area contributed by atoms with Crippen LogP contribution in [0.15, 0.2) is 66.7 Å². The molecule has 8 heteroatoms. The summed E-state index contributed by atoms with van der Waals surface area (Å²) in [6.45, 7) is 3.80. The summed E-state index contributed by atoms with van der Waals surface area (Å²) in [7, 11) is 0. The van der Waals surface area contributed by atoms with Crippen LogP contribution in [0.3, 0.4) is 0 Å². The molecule has 3 rings (SSSR count). The number of anilines is 1. The lowest BCUT2D eigenvalue weighted by atomic mass is 10.0. The minimum Gasteiger partial charge on any atom is -0.316 e. The fourth-order valence-corrected chi connectivity index (χ4v) is 3.41.